The Morgan fingerprint density at radius 2 is 1.52 bits per heavy atom. The summed E-state index contributed by atoms with van der Waals surface area (Å²) in [6.45, 7) is 0. The van der Waals surface area contributed by atoms with E-state index in [0.29, 0.717) is 28.5 Å². The molecule has 0 aliphatic rings. The van der Waals surface area contributed by atoms with Gasteiger partial charge in [0.05, 0.1) is 11.1 Å². The molecular formula is C22H11ClF6N2O2. The van der Waals surface area contributed by atoms with Crippen molar-refractivity contribution in [1.82, 2.24) is 0 Å². The minimum atomic E-state index is -5.08. The highest BCUT2D eigenvalue weighted by molar-refractivity contribution is 6.30. The summed E-state index contributed by atoms with van der Waals surface area (Å²) in [5.74, 6) is -0.774. The van der Waals surface area contributed by atoms with Gasteiger partial charge in [-0.25, -0.2) is 0 Å². The Morgan fingerprint density at radius 3 is 2.03 bits per heavy atom. The Bertz CT molecular complexity index is 1220. The summed E-state index contributed by atoms with van der Waals surface area (Å²) in [5.41, 5.74) is -3.93. The number of nitrogens with one attached hydrogen (secondary N) is 1. The predicted molar refractivity (Wildman–Crippen MR) is 108 cm³/mol. The Balaban J connectivity index is 1.88. The van der Waals surface area contributed by atoms with E-state index in [1.165, 1.54) is 6.07 Å². The lowest BCUT2D eigenvalue weighted by molar-refractivity contribution is -0.143. The molecule has 170 valence electrons. The number of nitrogens with zero attached hydrogens (tertiary/aromatic N) is 1. The molecular weight excluding hydrogens is 474 g/mol. The number of hydrogen-bond acceptors (Lipinski definition) is 3. The highest BCUT2D eigenvalue weighted by Crippen LogP contribution is 2.37. The number of carbonyl (C=O) groups is 1. The smallest absolute Gasteiger partial charge is 0.416 e. The van der Waals surface area contributed by atoms with Gasteiger partial charge in [0.15, 0.2) is 0 Å². The zero-order valence-electron chi connectivity index (χ0n) is 16.2. The number of benzene rings is 2. The first-order valence-electron chi connectivity index (χ1n) is 8.95. The fraction of sp³-hybridized carbons (Fsp3) is 0.0909. The maximum atomic E-state index is 13.0. The molecule has 0 radical (unpaired) electrons. The van der Waals surface area contributed by atoms with Gasteiger partial charge in [0.25, 0.3) is 5.91 Å². The fourth-order valence-electron chi connectivity index (χ4n) is 2.72. The number of carbonyl (C=O) groups excluding carboxylic acids is 1. The van der Waals surface area contributed by atoms with Gasteiger partial charge in [0, 0.05) is 22.3 Å². The van der Waals surface area contributed by atoms with Gasteiger partial charge < -0.3 is 9.73 Å². The topological polar surface area (TPSA) is 66.0 Å². The van der Waals surface area contributed by atoms with Crippen LogP contribution >= 0.6 is 11.6 Å². The number of hydrogen-bond donors (Lipinski definition) is 1. The zero-order valence-corrected chi connectivity index (χ0v) is 16.9. The first-order valence-corrected chi connectivity index (χ1v) is 9.33. The van der Waals surface area contributed by atoms with Crippen molar-refractivity contribution < 1.29 is 35.6 Å². The molecule has 0 saturated carbocycles. The standard InChI is InChI=1S/C22H11ClF6N2O2/c23-16-3-1-12(2-4-16)19-6-5-18(33-19)7-13(11-30)20(32)31-17-9-14(21(24,25)26)8-15(10-17)22(27,28)29/h1-10H,(H,31,32)/b13-7+. The minimum absolute atomic E-state index is 0.0617. The van der Waals surface area contributed by atoms with E-state index >= 15 is 0 Å². The predicted octanol–water partition coefficient (Wildman–Crippen LogP) is 7.18. The van der Waals surface area contributed by atoms with Crippen LogP contribution in [0.5, 0.6) is 0 Å². The monoisotopic (exact) mass is 484 g/mol. The molecule has 0 spiro atoms. The summed E-state index contributed by atoms with van der Waals surface area (Å²) in [5, 5.41) is 11.7. The molecule has 0 atom stereocenters. The van der Waals surface area contributed by atoms with E-state index in [1.54, 1.807) is 36.4 Å². The molecule has 2 aromatic carbocycles. The Labute approximate surface area is 187 Å². The maximum Gasteiger partial charge on any atom is 0.416 e. The summed E-state index contributed by atoms with van der Waals surface area (Å²) in [6.07, 6.45) is -9.16. The van der Waals surface area contributed by atoms with Crippen molar-refractivity contribution in [3.63, 3.8) is 0 Å². The SMILES string of the molecule is N#C/C(=C\c1ccc(-c2ccc(Cl)cc2)o1)C(=O)Nc1cc(C(F)(F)F)cc(C(F)(F)F)c1. The summed E-state index contributed by atoms with van der Waals surface area (Å²) in [4.78, 5) is 12.4. The van der Waals surface area contributed by atoms with Crippen LogP contribution in [0.4, 0.5) is 32.0 Å². The third-order valence-corrected chi connectivity index (χ3v) is 4.50. The van der Waals surface area contributed by atoms with Crippen LogP contribution in [0.15, 0.2) is 64.6 Å². The lowest BCUT2D eigenvalue weighted by atomic mass is 10.1. The van der Waals surface area contributed by atoms with Gasteiger partial charge >= 0.3 is 12.4 Å². The van der Waals surface area contributed by atoms with E-state index in [-0.39, 0.29) is 11.8 Å². The Morgan fingerprint density at radius 1 is 0.939 bits per heavy atom. The molecule has 11 heteroatoms. The van der Waals surface area contributed by atoms with Gasteiger partial charge in [-0.2, -0.15) is 31.6 Å². The molecule has 0 saturated heterocycles. The minimum Gasteiger partial charge on any atom is -0.457 e. The van der Waals surface area contributed by atoms with Crippen LogP contribution in [-0.4, -0.2) is 5.91 Å². The third kappa shape index (κ3) is 5.96. The second-order valence-electron chi connectivity index (χ2n) is 6.63. The van der Waals surface area contributed by atoms with Crippen molar-refractivity contribution in [1.29, 1.82) is 5.26 Å². The van der Waals surface area contributed by atoms with Crippen molar-refractivity contribution in [3.8, 4) is 17.4 Å². The number of halogens is 7. The molecule has 0 bridgehead atoms. The molecule has 0 fully saturated rings. The summed E-state index contributed by atoms with van der Waals surface area (Å²) >= 11 is 5.82. The number of amides is 1. The van der Waals surface area contributed by atoms with Crippen LogP contribution in [0.25, 0.3) is 17.4 Å². The fourth-order valence-corrected chi connectivity index (χ4v) is 2.84. The highest BCUT2D eigenvalue weighted by Gasteiger charge is 2.37. The van der Waals surface area contributed by atoms with Gasteiger partial charge in [0.1, 0.15) is 23.2 Å². The van der Waals surface area contributed by atoms with Crippen LogP contribution in [0.1, 0.15) is 16.9 Å². The van der Waals surface area contributed by atoms with Gasteiger partial charge in [0.2, 0.25) is 0 Å². The van der Waals surface area contributed by atoms with Crippen LogP contribution in [0.2, 0.25) is 5.02 Å². The maximum absolute atomic E-state index is 13.0. The van der Waals surface area contributed by atoms with Gasteiger partial charge in [-0.05, 0) is 54.6 Å². The largest absolute Gasteiger partial charge is 0.457 e. The zero-order chi connectivity index (χ0) is 24.4. The number of rotatable bonds is 4. The average molecular weight is 485 g/mol. The molecule has 0 aliphatic heterocycles. The average Bonchev–Trinajstić information content (AvgIpc) is 3.19. The molecule has 1 heterocycles. The van der Waals surface area contributed by atoms with E-state index in [2.05, 4.69) is 0 Å². The molecule has 1 aromatic heterocycles. The van der Waals surface area contributed by atoms with Crippen molar-refractivity contribution in [3.05, 3.63) is 82.1 Å². The normalized spacial score (nSPS) is 12.4. The van der Waals surface area contributed by atoms with E-state index in [4.69, 9.17) is 16.0 Å². The summed E-state index contributed by atoms with van der Waals surface area (Å²) in [7, 11) is 0. The lowest BCUT2D eigenvalue weighted by Gasteiger charge is -2.14. The quantitative estimate of drug-likeness (QED) is 0.242. The second-order valence-corrected chi connectivity index (χ2v) is 7.06. The number of alkyl halides is 6. The third-order valence-electron chi connectivity index (χ3n) is 4.25. The summed E-state index contributed by atoms with van der Waals surface area (Å²) < 4.78 is 83.4. The molecule has 1 amide bonds. The van der Waals surface area contributed by atoms with Crippen LogP contribution in [-0.2, 0) is 17.1 Å². The second kappa shape index (κ2) is 9.03. The molecule has 3 aromatic rings. The van der Waals surface area contributed by atoms with Gasteiger partial charge in [-0.15, -0.1) is 0 Å². The highest BCUT2D eigenvalue weighted by atomic mass is 35.5. The van der Waals surface area contributed by atoms with Crippen molar-refractivity contribution in [2.45, 2.75) is 12.4 Å². The number of furan rings is 1. The van der Waals surface area contributed by atoms with Gasteiger partial charge in [-0.3, -0.25) is 4.79 Å². The van der Waals surface area contributed by atoms with E-state index < -0.39 is 40.6 Å². The number of nitriles is 1. The van der Waals surface area contributed by atoms with E-state index in [1.807, 2.05) is 5.32 Å². The first kappa shape index (κ1) is 23.9. The number of anilines is 1. The molecule has 1 N–H and O–H groups in total. The van der Waals surface area contributed by atoms with Crippen molar-refractivity contribution >= 4 is 29.3 Å². The van der Waals surface area contributed by atoms with E-state index in [0.717, 1.165) is 6.08 Å². The van der Waals surface area contributed by atoms with Crippen LogP contribution in [0.3, 0.4) is 0 Å². The molecule has 4 nitrogen and oxygen atoms in total. The van der Waals surface area contributed by atoms with Gasteiger partial charge in [-0.1, -0.05) is 11.6 Å². The first-order chi connectivity index (χ1) is 15.4. The van der Waals surface area contributed by atoms with Crippen molar-refractivity contribution in [2.24, 2.45) is 0 Å². The summed E-state index contributed by atoms with van der Waals surface area (Å²) in [6, 6.07) is 11.7. The molecule has 3 rings (SSSR count). The van der Waals surface area contributed by atoms with Crippen LogP contribution in [0, 0.1) is 11.3 Å². The molecule has 0 unspecified atom stereocenters. The Hall–Kier alpha value is -3.71. The Kier molecular flexibility index (Phi) is 6.56. The molecule has 33 heavy (non-hydrogen) atoms. The van der Waals surface area contributed by atoms with Crippen molar-refractivity contribution in [2.75, 3.05) is 5.32 Å². The molecule has 0 aliphatic carbocycles. The van der Waals surface area contributed by atoms with E-state index in [9.17, 15) is 36.4 Å². The van der Waals surface area contributed by atoms with Crippen LogP contribution < -0.4 is 5.32 Å². The lowest BCUT2D eigenvalue weighted by Crippen LogP contribution is -2.16.